The predicted molar refractivity (Wildman–Crippen MR) is 75.9 cm³/mol. The lowest BCUT2D eigenvalue weighted by molar-refractivity contribution is 0.112. The summed E-state index contributed by atoms with van der Waals surface area (Å²) in [5, 5.41) is 0.290. The zero-order valence-corrected chi connectivity index (χ0v) is 12.7. The molecule has 0 fully saturated rings. The van der Waals surface area contributed by atoms with Crippen LogP contribution in [0.5, 0.6) is 5.75 Å². The molecule has 0 unspecified atom stereocenters. The molecule has 0 spiro atoms. The van der Waals surface area contributed by atoms with Gasteiger partial charge in [-0.05, 0) is 32.9 Å². The summed E-state index contributed by atoms with van der Waals surface area (Å²) in [6, 6.07) is 4.78. The van der Waals surface area contributed by atoms with Crippen molar-refractivity contribution < 1.29 is 17.9 Å². The van der Waals surface area contributed by atoms with E-state index < -0.39 is 14.6 Å². The number of carbonyl (C=O) groups is 1. The fraction of sp³-hybridized carbons (Fsp3) is 0.462. The minimum absolute atomic E-state index is 0.0375. The van der Waals surface area contributed by atoms with E-state index in [1.165, 1.54) is 0 Å². The van der Waals surface area contributed by atoms with Gasteiger partial charge in [0.15, 0.2) is 16.1 Å². The Bertz CT molecular complexity index is 558. The Morgan fingerprint density at radius 3 is 2.47 bits per heavy atom. The average Bonchev–Trinajstić information content (AvgIpc) is 2.29. The van der Waals surface area contributed by atoms with Crippen LogP contribution in [0, 0.1) is 0 Å². The van der Waals surface area contributed by atoms with Gasteiger partial charge in [0.05, 0.1) is 21.1 Å². The molecule has 0 aliphatic rings. The number of hydrogen-bond donors (Lipinski definition) is 0. The molecule has 0 radical (unpaired) electrons. The number of carbonyl (C=O) groups excluding carboxylic acids is 1. The van der Waals surface area contributed by atoms with Crippen LogP contribution < -0.4 is 4.74 Å². The first kappa shape index (κ1) is 16.0. The highest BCUT2D eigenvalue weighted by Crippen LogP contribution is 2.27. The smallest absolute Gasteiger partial charge is 0.158 e. The van der Waals surface area contributed by atoms with E-state index in [4.69, 9.17) is 16.3 Å². The number of halogens is 1. The van der Waals surface area contributed by atoms with Crippen LogP contribution in [0.1, 0.15) is 31.1 Å². The first-order chi connectivity index (χ1) is 8.69. The molecule has 0 aliphatic heterocycles. The molecule has 106 valence electrons. The Morgan fingerprint density at radius 1 is 1.32 bits per heavy atom. The summed E-state index contributed by atoms with van der Waals surface area (Å²) in [7, 11) is -3.26. The minimum atomic E-state index is -3.26. The Kier molecular flexibility index (Phi) is 4.98. The van der Waals surface area contributed by atoms with Gasteiger partial charge in [0.1, 0.15) is 12.4 Å². The number of rotatable bonds is 5. The third kappa shape index (κ3) is 3.94. The van der Waals surface area contributed by atoms with Crippen LogP contribution in [0.2, 0.25) is 5.02 Å². The lowest BCUT2D eigenvalue weighted by Crippen LogP contribution is -2.32. The van der Waals surface area contributed by atoms with Crippen LogP contribution in [-0.4, -0.2) is 31.8 Å². The van der Waals surface area contributed by atoms with Crippen molar-refractivity contribution in [2.45, 2.75) is 25.5 Å². The van der Waals surface area contributed by atoms with Crippen LogP contribution in [0.15, 0.2) is 18.2 Å². The van der Waals surface area contributed by atoms with Gasteiger partial charge in [-0.1, -0.05) is 17.7 Å². The summed E-state index contributed by atoms with van der Waals surface area (Å²) in [6.45, 7) is 4.86. The summed E-state index contributed by atoms with van der Waals surface area (Å²) in [6.07, 6.45) is 0.624. The molecular formula is C13H17ClO4S. The summed E-state index contributed by atoms with van der Waals surface area (Å²) in [4.78, 5) is 10.8. The number of hydrogen-bond acceptors (Lipinski definition) is 4. The SMILES string of the molecule is CC(C)(C)S(=O)(=O)CCOc1c(Cl)cccc1C=O. The number of ether oxygens (including phenoxy) is 1. The highest BCUT2D eigenvalue weighted by molar-refractivity contribution is 7.92. The number of para-hydroxylation sites is 1. The quantitative estimate of drug-likeness (QED) is 0.785. The molecule has 0 saturated carbocycles. The second-order valence-electron chi connectivity index (χ2n) is 5.06. The zero-order chi connectivity index (χ0) is 14.7. The molecule has 0 aliphatic carbocycles. The molecule has 6 heteroatoms. The van der Waals surface area contributed by atoms with Gasteiger partial charge in [-0.2, -0.15) is 0 Å². The molecule has 0 atom stereocenters. The van der Waals surface area contributed by atoms with E-state index in [2.05, 4.69) is 0 Å². The van der Waals surface area contributed by atoms with Gasteiger partial charge >= 0.3 is 0 Å². The lowest BCUT2D eigenvalue weighted by atomic mass is 10.2. The summed E-state index contributed by atoms with van der Waals surface area (Å²) < 4.78 is 28.3. The topological polar surface area (TPSA) is 60.4 Å². The van der Waals surface area contributed by atoms with Crippen molar-refractivity contribution in [3.63, 3.8) is 0 Å². The largest absolute Gasteiger partial charge is 0.490 e. The van der Waals surface area contributed by atoms with Crippen molar-refractivity contribution in [1.29, 1.82) is 0 Å². The standard InChI is InChI=1S/C13H17ClO4S/c1-13(2,3)19(16,17)8-7-18-12-10(9-15)5-4-6-11(12)14/h4-6,9H,7-8H2,1-3H3. The summed E-state index contributed by atoms with van der Waals surface area (Å²) >= 11 is 5.91. The highest BCUT2D eigenvalue weighted by atomic mass is 35.5. The first-order valence-corrected chi connectivity index (χ1v) is 7.81. The van der Waals surface area contributed by atoms with Gasteiger partial charge in [-0.3, -0.25) is 4.79 Å². The maximum atomic E-state index is 11.9. The molecule has 4 nitrogen and oxygen atoms in total. The van der Waals surface area contributed by atoms with E-state index in [9.17, 15) is 13.2 Å². The molecule has 1 aromatic rings. The molecule has 19 heavy (non-hydrogen) atoms. The molecule has 0 N–H and O–H groups in total. The number of benzene rings is 1. The van der Waals surface area contributed by atoms with Crippen LogP contribution in [0.3, 0.4) is 0 Å². The number of aldehydes is 1. The van der Waals surface area contributed by atoms with E-state index in [1.54, 1.807) is 39.0 Å². The van der Waals surface area contributed by atoms with Crippen LogP contribution in [0.4, 0.5) is 0 Å². The monoisotopic (exact) mass is 304 g/mol. The molecule has 0 heterocycles. The van der Waals surface area contributed by atoms with Gasteiger partial charge < -0.3 is 4.74 Å². The van der Waals surface area contributed by atoms with Crippen molar-refractivity contribution in [3.05, 3.63) is 28.8 Å². The molecule has 0 aromatic heterocycles. The van der Waals surface area contributed by atoms with E-state index in [1.807, 2.05) is 0 Å². The van der Waals surface area contributed by atoms with Crippen LogP contribution >= 0.6 is 11.6 Å². The third-order valence-electron chi connectivity index (χ3n) is 2.66. The van der Waals surface area contributed by atoms with E-state index in [0.29, 0.717) is 11.8 Å². The third-order valence-corrected chi connectivity index (χ3v) is 5.52. The van der Waals surface area contributed by atoms with Crippen LogP contribution in [0.25, 0.3) is 0 Å². The second-order valence-corrected chi connectivity index (χ2v) is 8.33. The fourth-order valence-corrected chi connectivity index (χ4v) is 2.48. The predicted octanol–water partition coefficient (Wildman–Crippen LogP) is 2.74. The van der Waals surface area contributed by atoms with Gasteiger partial charge in [0.2, 0.25) is 0 Å². The average molecular weight is 305 g/mol. The number of sulfone groups is 1. The Hall–Kier alpha value is -1.07. The minimum Gasteiger partial charge on any atom is -0.490 e. The first-order valence-electron chi connectivity index (χ1n) is 5.78. The molecule has 0 saturated heterocycles. The molecule has 1 rings (SSSR count). The second kappa shape index (κ2) is 5.92. The van der Waals surface area contributed by atoms with E-state index >= 15 is 0 Å². The molecule has 0 bridgehead atoms. The van der Waals surface area contributed by atoms with Crippen molar-refractivity contribution in [1.82, 2.24) is 0 Å². The normalized spacial score (nSPS) is 12.2. The van der Waals surface area contributed by atoms with Crippen LogP contribution in [-0.2, 0) is 9.84 Å². The molecule has 1 aromatic carbocycles. The van der Waals surface area contributed by atoms with Gasteiger partial charge in [-0.15, -0.1) is 0 Å². The van der Waals surface area contributed by atoms with Crippen molar-refractivity contribution in [2.75, 3.05) is 12.4 Å². The summed E-state index contributed by atoms with van der Waals surface area (Å²) in [5.41, 5.74) is 0.306. The lowest BCUT2D eigenvalue weighted by Gasteiger charge is -2.19. The van der Waals surface area contributed by atoms with E-state index in [0.717, 1.165) is 0 Å². The van der Waals surface area contributed by atoms with Crippen molar-refractivity contribution in [2.24, 2.45) is 0 Å². The Morgan fingerprint density at radius 2 is 1.95 bits per heavy atom. The highest BCUT2D eigenvalue weighted by Gasteiger charge is 2.28. The fourth-order valence-electron chi connectivity index (χ4n) is 1.33. The van der Waals surface area contributed by atoms with Gasteiger partial charge in [0, 0.05) is 0 Å². The van der Waals surface area contributed by atoms with Crippen molar-refractivity contribution in [3.8, 4) is 5.75 Å². The van der Waals surface area contributed by atoms with Gasteiger partial charge in [-0.25, -0.2) is 8.42 Å². The van der Waals surface area contributed by atoms with Gasteiger partial charge in [0.25, 0.3) is 0 Å². The molecular weight excluding hydrogens is 288 g/mol. The Balaban J connectivity index is 2.77. The van der Waals surface area contributed by atoms with Crippen molar-refractivity contribution >= 4 is 27.7 Å². The van der Waals surface area contributed by atoms with E-state index in [-0.39, 0.29) is 23.1 Å². The maximum Gasteiger partial charge on any atom is 0.158 e. The molecule has 0 amide bonds. The zero-order valence-electron chi connectivity index (χ0n) is 11.1. The summed E-state index contributed by atoms with van der Waals surface area (Å²) in [5.74, 6) is 0.100. The maximum absolute atomic E-state index is 11.9. The Labute approximate surface area is 118 Å².